The Morgan fingerprint density at radius 2 is 2.00 bits per heavy atom. The Bertz CT molecular complexity index is 360. The van der Waals surface area contributed by atoms with E-state index in [1.54, 1.807) is 0 Å². The summed E-state index contributed by atoms with van der Waals surface area (Å²) in [5.74, 6) is 0.925. The molecule has 0 heterocycles. The van der Waals surface area contributed by atoms with Gasteiger partial charge in [-0.1, -0.05) is 49.9 Å². The summed E-state index contributed by atoms with van der Waals surface area (Å²) in [5, 5.41) is 4.59. The van der Waals surface area contributed by atoms with E-state index in [0.29, 0.717) is 12.1 Å². The van der Waals surface area contributed by atoms with Gasteiger partial charge in [-0.05, 0) is 43.4 Å². The van der Waals surface area contributed by atoms with Gasteiger partial charge in [-0.25, -0.2) is 0 Å². The van der Waals surface area contributed by atoms with E-state index in [-0.39, 0.29) is 0 Å². The van der Waals surface area contributed by atoms with Crippen LogP contribution in [0.3, 0.4) is 0 Å². The molecule has 1 aromatic rings. The first kappa shape index (κ1) is 13.9. The number of halogens is 1. The number of hydrogen-bond donors (Lipinski definition) is 1. The van der Waals surface area contributed by atoms with Crippen LogP contribution in [0, 0.1) is 5.92 Å². The number of rotatable bonds is 4. The third-order valence-electron chi connectivity index (χ3n) is 4.22. The Morgan fingerprint density at radius 3 is 2.67 bits per heavy atom. The van der Waals surface area contributed by atoms with E-state index in [9.17, 15) is 0 Å². The summed E-state index contributed by atoms with van der Waals surface area (Å²) in [6.07, 6.45) is 6.80. The van der Waals surface area contributed by atoms with Crippen LogP contribution < -0.4 is 5.32 Å². The Balaban J connectivity index is 1.90. The number of nitrogens with one attached hydrogen (secondary N) is 1. The zero-order valence-corrected chi connectivity index (χ0v) is 12.2. The molecule has 0 aromatic heterocycles. The molecule has 1 aromatic carbocycles. The first-order valence-electron chi connectivity index (χ1n) is 7.20. The number of hydrogen-bond acceptors (Lipinski definition) is 1. The van der Waals surface area contributed by atoms with Crippen LogP contribution in [-0.2, 0) is 0 Å². The minimum Gasteiger partial charge on any atom is -0.307 e. The second-order valence-electron chi connectivity index (χ2n) is 5.58. The second kappa shape index (κ2) is 6.58. The van der Waals surface area contributed by atoms with Gasteiger partial charge in [-0.3, -0.25) is 0 Å². The highest BCUT2D eigenvalue weighted by Crippen LogP contribution is 2.28. The highest BCUT2D eigenvalue weighted by Gasteiger charge is 2.22. The standard InChI is InChI=1S/C16H24ClN/c1-3-13-5-4-6-16(11-13)18-12(2)14-7-9-15(17)10-8-14/h7-10,12-13,16,18H,3-6,11H2,1-2H3/t12-,13?,16?/m1/s1. The largest absolute Gasteiger partial charge is 0.307 e. The van der Waals surface area contributed by atoms with E-state index in [0.717, 1.165) is 10.9 Å². The summed E-state index contributed by atoms with van der Waals surface area (Å²) in [6, 6.07) is 9.31. The monoisotopic (exact) mass is 265 g/mol. The van der Waals surface area contributed by atoms with Gasteiger partial charge in [0.2, 0.25) is 0 Å². The lowest BCUT2D eigenvalue weighted by Crippen LogP contribution is -2.35. The van der Waals surface area contributed by atoms with Crippen molar-refractivity contribution >= 4 is 11.6 Å². The van der Waals surface area contributed by atoms with Crippen LogP contribution >= 0.6 is 11.6 Å². The van der Waals surface area contributed by atoms with Gasteiger partial charge < -0.3 is 5.32 Å². The molecule has 0 radical (unpaired) electrons. The summed E-state index contributed by atoms with van der Waals surface area (Å²) in [7, 11) is 0. The molecule has 0 aliphatic heterocycles. The highest BCUT2D eigenvalue weighted by atomic mass is 35.5. The van der Waals surface area contributed by atoms with Crippen molar-refractivity contribution in [3.63, 3.8) is 0 Å². The molecule has 3 atom stereocenters. The van der Waals surface area contributed by atoms with Crippen molar-refractivity contribution in [3.8, 4) is 0 Å². The molecule has 0 saturated heterocycles. The fourth-order valence-corrected chi connectivity index (χ4v) is 3.14. The fourth-order valence-electron chi connectivity index (χ4n) is 3.01. The highest BCUT2D eigenvalue weighted by molar-refractivity contribution is 6.30. The summed E-state index contributed by atoms with van der Waals surface area (Å²) in [6.45, 7) is 4.56. The van der Waals surface area contributed by atoms with Gasteiger partial charge in [0.1, 0.15) is 0 Å². The van der Waals surface area contributed by atoms with Crippen LogP contribution in [0.25, 0.3) is 0 Å². The van der Waals surface area contributed by atoms with Gasteiger partial charge in [0.05, 0.1) is 0 Å². The van der Waals surface area contributed by atoms with Gasteiger partial charge >= 0.3 is 0 Å². The molecule has 0 amide bonds. The molecule has 2 rings (SSSR count). The Hall–Kier alpha value is -0.530. The lowest BCUT2D eigenvalue weighted by Gasteiger charge is -2.31. The molecule has 1 fully saturated rings. The van der Waals surface area contributed by atoms with E-state index in [2.05, 4.69) is 31.3 Å². The van der Waals surface area contributed by atoms with Crippen LogP contribution in [0.15, 0.2) is 24.3 Å². The molecular formula is C16H24ClN. The average molecular weight is 266 g/mol. The van der Waals surface area contributed by atoms with Crippen molar-refractivity contribution in [1.82, 2.24) is 5.32 Å². The van der Waals surface area contributed by atoms with E-state index in [1.807, 2.05) is 12.1 Å². The number of benzene rings is 1. The summed E-state index contributed by atoms with van der Waals surface area (Å²) >= 11 is 5.93. The van der Waals surface area contributed by atoms with Crippen molar-refractivity contribution in [2.24, 2.45) is 5.92 Å². The summed E-state index contributed by atoms with van der Waals surface area (Å²) in [4.78, 5) is 0. The molecule has 18 heavy (non-hydrogen) atoms. The van der Waals surface area contributed by atoms with Crippen molar-refractivity contribution < 1.29 is 0 Å². The fraction of sp³-hybridized carbons (Fsp3) is 0.625. The van der Waals surface area contributed by atoms with Crippen molar-refractivity contribution in [2.45, 2.75) is 58.0 Å². The minimum atomic E-state index is 0.419. The molecule has 0 spiro atoms. The predicted octanol–water partition coefficient (Wildman–Crippen LogP) is 4.96. The normalized spacial score (nSPS) is 25.9. The van der Waals surface area contributed by atoms with Crippen LogP contribution in [0.1, 0.15) is 57.6 Å². The van der Waals surface area contributed by atoms with Gasteiger partial charge in [0.25, 0.3) is 0 Å². The molecule has 2 heteroatoms. The van der Waals surface area contributed by atoms with E-state index in [4.69, 9.17) is 11.6 Å². The van der Waals surface area contributed by atoms with Crippen LogP contribution in [0.2, 0.25) is 5.02 Å². The van der Waals surface area contributed by atoms with Gasteiger partial charge in [0.15, 0.2) is 0 Å². The van der Waals surface area contributed by atoms with Gasteiger partial charge in [0, 0.05) is 17.1 Å². The molecule has 0 bridgehead atoms. The topological polar surface area (TPSA) is 12.0 Å². The predicted molar refractivity (Wildman–Crippen MR) is 79.0 cm³/mol. The second-order valence-corrected chi connectivity index (χ2v) is 6.01. The van der Waals surface area contributed by atoms with Gasteiger partial charge in [-0.15, -0.1) is 0 Å². The maximum Gasteiger partial charge on any atom is 0.0406 e. The third-order valence-corrected chi connectivity index (χ3v) is 4.47. The first-order chi connectivity index (χ1) is 8.69. The molecule has 1 aliphatic carbocycles. The zero-order chi connectivity index (χ0) is 13.0. The van der Waals surface area contributed by atoms with Crippen molar-refractivity contribution in [3.05, 3.63) is 34.9 Å². The zero-order valence-electron chi connectivity index (χ0n) is 11.5. The molecular weight excluding hydrogens is 242 g/mol. The Kier molecular flexibility index (Phi) is 5.08. The summed E-state index contributed by atoms with van der Waals surface area (Å²) in [5.41, 5.74) is 1.33. The van der Waals surface area contributed by atoms with E-state index in [1.165, 1.54) is 37.7 Å². The molecule has 1 N–H and O–H groups in total. The van der Waals surface area contributed by atoms with Crippen molar-refractivity contribution in [2.75, 3.05) is 0 Å². The lowest BCUT2D eigenvalue weighted by molar-refractivity contribution is 0.266. The van der Waals surface area contributed by atoms with E-state index >= 15 is 0 Å². The molecule has 1 nitrogen and oxygen atoms in total. The molecule has 1 aliphatic rings. The molecule has 2 unspecified atom stereocenters. The quantitative estimate of drug-likeness (QED) is 0.811. The van der Waals surface area contributed by atoms with Crippen LogP contribution in [-0.4, -0.2) is 6.04 Å². The molecule has 1 saturated carbocycles. The molecule has 100 valence electrons. The SMILES string of the molecule is CCC1CCCC(N[C@H](C)c2ccc(Cl)cc2)C1. The average Bonchev–Trinajstić information content (AvgIpc) is 2.39. The maximum atomic E-state index is 5.93. The smallest absolute Gasteiger partial charge is 0.0406 e. The van der Waals surface area contributed by atoms with Crippen LogP contribution in [0.5, 0.6) is 0 Å². The Morgan fingerprint density at radius 1 is 1.28 bits per heavy atom. The third kappa shape index (κ3) is 3.73. The van der Waals surface area contributed by atoms with Crippen molar-refractivity contribution in [1.29, 1.82) is 0 Å². The van der Waals surface area contributed by atoms with E-state index < -0.39 is 0 Å². The van der Waals surface area contributed by atoms with Gasteiger partial charge in [-0.2, -0.15) is 0 Å². The summed E-state index contributed by atoms with van der Waals surface area (Å²) < 4.78 is 0. The Labute approximate surface area is 116 Å². The first-order valence-corrected chi connectivity index (χ1v) is 7.58. The lowest BCUT2D eigenvalue weighted by atomic mass is 9.84. The minimum absolute atomic E-state index is 0.419. The van der Waals surface area contributed by atoms with Crippen LogP contribution in [0.4, 0.5) is 0 Å². The maximum absolute atomic E-state index is 5.93.